The van der Waals surface area contributed by atoms with Crippen molar-refractivity contribution in [3.63, 3.8) is 0 Å². The number of halogens is 4. The van der Waals surface area contributed by atoms with Crippen LogP contribution in [0.2, 0.25) is 0 Å². The zero-order valence-corrected chi connectivity index (χ0v) is 22.1. The summed E-state index contributed by atoms with van der Waals surface area (Å²) < 4.78 is 43.5. The van der Waals surface area contributed by atoms with Crippen LogP contribution in [0.5, 0.6) is 0 Å². The summed E-state index contributed by atoms with van der Waals surface area (Å²) in [5.41, 5.74) is 5.16. The number of anilines is 1. The van der Waals surface area contributed by atoms with E-state index in [-0.39, 0.29) is 29.5 Å². The predicted molar refractivity (Wildman–Crippen MR) is 137 cm³/mol. The third-order valence-corrected chi connectivity index (χ3v) is 6.37. The summed E-state index contributed by atoms with van der Waals surface area (Å²) in [6, 6.07) is 4.71. The highest BCUT2D eigenvalue weighted by molar-refractivity contribution is 9.10. The number of nitrogens with zero attached hydrogens (tertiary/aromatic N) is 4. The van der Waals surface area contributed by atoms with Gasteiger partial charge in [-0.25, -0.2) is 4.98 Å². The molecule has 0 saturated carbocycles. The number of nitrogens with two attached hydrogens (primary N) is 1. The van der Waals surface area contributed by atoms with Crippen LogP contribution in [0.4, 0.5) is 18.9 Å². The lowest BCUT2D eigenvalue weighted by Crippen LogP contribution is -2.25. The summed E-state index contributed by atoms with van der Waals surface area (Å²) in [5.74, 6) is -0.947. The van der Waals surface area contributed by atoms with Crippen molar-refractivity contribution in [3.05, 3.63) is 52.1 Å². The lowest BCUT2D eigenvalue weighted by molar-refractivity contribution is -0.141. The maximum atomic E-state index is 13.5. The standard InChI is InChI=1S/C24H29BrF3N7O2/c1-3-35-14-17(20(33-35)24(26,27)28)19-13-31-21(34(19)2)23(37)32-15-8-9-16(18(25)12-15)22(36)30-11-7-5-4-6-10-29/h8-9,12-14H,3-7,10-11,29H2,1-2H3,(H,30,36)(H,32,37). The fraction of sp³-hybridized carbons (Fsp3) is 0.417. The van der Waals surface area contributed by atoms with Gasteiger partial charge in [0.2, 0.25) is 0 Å². The molecule has 0 atom stereocenters. The minimum absolute atomic E-state index is 0.0834. The molecule has 0 aliphatic rings. The summed E-state index contributed by atoms with van der Waals surface area (Å²) in [4.78, 5) is 29.4. The number of aryl methyl sites for hydroxylation is 1. The fourth-order valence-electron chi connectivity index (χ4n) is 3.73. The van der Waals surface area contributed by atoms with Crippen molar-refractivity contribution in [2.45, 2.75) is 45.3 Å². The Morgan fingerprint density at radius 1 is 1.14 bits per heavy atom. The molecule has 0 fully saturated rings. The largest absolute Gasteiger partial charge is 0.435 e. The van der Waals surface area contributed by atoms with Crippen LogP contribution in [-0.2, 0) is 19.8 Å². The molecule has 0 unspecified atom stereocenters. The number of hydrogen-bond donors (Lipinski definition) is 3. The van der Waals surface area contributed by atoms with Gasteiger partial charge in [0.25, 0.3) is 11.8 Å². The number of benzene rings is 1. The molecule has 1 aromatic carbocycles. The van der Waals surface area contributed by atoms with Gasteiger partial charge in [-0.05, 0) is 60.4 Å². The van der Waals surface area contributed by atoms with E-state index in [0.717, 1.165) is 25.7 Å². The SMILES string of the molecule is CCn1cc(-c2cnc(C(=O)Nc3ccc(C(=O)NCCCCCCN)c(Br)c3)n2C)c(C(F)(F)F)n1. The van der Waals surface area contributed by atoms with E-state index in [0.29, 0.717) is 28.8 Å². The number of nitrogens with one attached hydrogen (secondary N) is 2. The highest BCUT2D eigenvalue weighted by atomic mass is 79.9. The first-order valence-corrected chi connectivity index (χ1v) is 12.6. The van der Waals surface area contributed by atoms with Gasteiger partial charge in [0.1, 0.15) is 0 Å². The number of aromatic nitrogens is 4. The van der Waals surface area contributed by atoms with Crippen molar-refractivity contribution in [3.8, 4) is 11.3 Å². The molecule has 13 heteroatoms. The molecule has 0 aliphatic carbocycles. The van der Waals surface area contributed by atoms with Crippen LogP contribution < -0.4 is 16.4 Å². The first-order valence-electron chi connectivity index (χ1n) is 11.8. The van der Waals surface area contributed by atoms with E-state index in [1.807, 2.05) is 0 Å². The number of imidazole rings is 1. The van der Waals surface area contributed by atoms with Gasteiger partial charge in [0.05, 0.1) is 23.0 Å². The Morgan fingerprint density at radius 2 is 1.86 bits per heavy atom. The van der Waals surface area contributed by atoms with Crippen LogP contribution >= 0.6 is 15.9 Å². The van der Waals surface area contributed by atoms with Crippen molar-refractivity contribution in [2.24, 2.45) is 12.8 Å². The van der Waals surface area contributed by atoms with Gasteiger partial charge in [-0.1, -0.05) is 12.8 Å². The quantitative estimate of drug-likeness (QED) is 0.285. The van der Waals surface area contributed by atoms with Gasteiger partial charge < -0.3 is 20.9 Å². The van der Waals surface area contributed by atoms with Gasteiger partial charge in [0.15, 0.2) is 11.5 Å². The second-order valence-electron chi connectivity index (χ2n) is 8.38. The second kappa shape index (κ2) is 12.4. The first kappa shape index (κ1) is 28.4. The summed E-state index contributed by atoms with van der Waals surface area (Å²) >= 11 is 3.36. The minimum atomic E-state index is -4.66. The zero-order chi connectivity index (χ0) is 27.2. The molecule has 37 heavy (non-hydrogen) atoms. The summed E-state index contributed by atoms with van der Waals surface area (Å²) in [5, 5.41) is 9.14. The Hall–Kier alpha value is -3.19. The Kier molecular flexibility index (Phi) is 9.49. The van der Waals surface area contributed by atoms with Gasteiger partial charge in [0, 0.05) is 36.5 Å². The van der Waals surface area contributed by atoms with Gasteiger partial charge >= 0.3 is 6.18 Å². The predicted octanol–water partition coefficient (Wildman–Crippen LogP) is 4.59. The molecule has 0 saturated heterocycles. The third kappa shape index (κ3) is 6.98. The van der Waals surface area contributed by atoms with Crippen LogP contribution in [0.3, 0.4) is 0 Å². The van der Waals surface area contributed by atoms with Gasteiger partial charge in [-0.3, -0.25) is 14.3 Å². The number of hydrogen-bond acceptors (Lipinski definition) is 5. The van der Waals surface area contributed by atoms with Crippen molar-refractivity contribution >= 4 is 33.4 Å². The van der Waals surface area contributed by atoms with Crippen LogP contribution in [0, 0.1) is 0 Å². The molecule has 0 aliphatic heterocycles. The van der Waals surface area contributed by atoms with Crippen LogP contribution in [0.1, 0.15) is 59.3 Å². The average molecular weight is 584 g/mol. The fourth-order valence-corrected chi connectivity index (χ4v) is 4.29. The van der Waals surface area contributed by atoms with Gasteiger partial charge in [-0.15, -0.1) is 0 Å². The number of amides is 2. The van der Waals surface area contributed by atoms with E-state index in [4.69, 9.17) is 5.73 Å². The van der Waals surface area contributed by atoms with Gasteiger partial charge in [-0.2, -0.15) is 18.3 Å². The Balaban J connectivity index is 1.70. The van der Waals surface area contributed by atoms with E-state index in [1.165, 1.54) is 28.7 Å². The van der Waals surface area contributed by atoms with Crippen LogP contribution in [0.15, 0.2) is 35.1 Å². The van der Waals surface area contributed by atoms with Crippen molar-refractivity contribution < 1.29 is 22.8 Å². The molecular weight excluding hydrogens is 555 g/mol. The Morgan fingerprint density at radius 3 is 2.51 bits per heavy atom. The summed E-state index contributed by atoms with van der Waals surface area (Å²) in [7, 11) is 1.46. The van der Waals surface area contributed by atoms with Crippen molar-refractivity contribution in [1.82, 2.24) is 24.6 Å². The van der Waals surface area contributed by atoms with Crippen LogP contribution in [-0.4, -0.2) is 44.2 Å². The molecule has 0 spiro atoms. The van der Waals surface area contributed by atoms with Crippen molar-refractivity contribution in [2.75, 3.05) is 18.4 Å². The van der Waals surface area contributed by atoms with Crippen LogP contribution in [0.25, 0.3) is 11.3 Å². The smallest absolute Gasteiger partial charge is 0.352 e. The maximum absolute atomic E-state index is 13.5. The van der Waals surface area contributed by atoms with E-state index in [2.05, 4.69) is 36.6 Å². The molecule has 200 valence electrons. The second-order valence-corrected chi connectivity index (χ2v) is 9.23. The molecule has 4 N–H and O–H groups in total. The van der Waals surface area contributed by atoms with E-state index < -0.39 is 17.8 Å². The highest BCUT2D eigenvalue weighted by Gasteiger charge is 2.38. The number of carbonyl (C=O) groups excluding carboxylic acids is 2. The lowest BCUT2D eigenvalue weighted by atomic mass is 10.1. The Bertz CT molecular complexity index is 1250. The topological polar surface area (TPSA) is 120 Å². The molecule has 2 heterocycles. The molecule has 2 aromatic heterocycles. The van der Waals surface area contributed by atoms with E-state index >= 15 is 0 Å². The number of alkyl halides is 3. The minimum Gasteiger partial charge on any atom is -0.352 e. The van der Waals surface area contributed by atoms with E-state index in [9.17, 15) is 22.8 Å². The molecule has 3 rings (SSSR count). The van der Waals surface area contributed by atoms with Crippen molar-refractivity contribution in [1.29, 1.82) is 0 Å². The molecule has 0 bridgehead atoms. The lowest BCUT2D eigenvalue weighted by Gasteiger charge is -2.11. The monoisotopic (exact) mass is 583 g/mol. The molecule has 9 nitrogen and oxygen atoms in total. The highest BCUT2D eigenvalue weighted by Crippen LogP contribution is 2.36. The number of carbonyl (C=O) groups is 2. The summed E-state index contributed by atoms with van der Waals surface area (Å²) in [6.07, 6.45) is 1.65. The first-order chi connectivity index (χ1) is 17.6. The summed E-state index contributed by atoms with van der Waals surface area (Å²) in [6.45, 7) is 3.14. The normalized spacial score (nSPS) is 11.5. The number of unbranched alkanes of at least 4 members (excludes halogenated alkanes) is 3. The zero-order valence-electron chi connectivity index (χ0n) is 20.5. The Labute approximate surface area is 220 Å². The maximum Gasteiger partial charge on any atom is 0.435 e. The molecule has 0 radical (unpaired) electrons. The third-order valence-electron chi connectivity index (χ3n) is 5.71. The molecule has 2 amide bonds. The molecule has 3 aromatic rings. The van der Waals surface area contributed by atoms with E-state index in [1.54, 1.807) is 25.1 Å². The number of rotatable bonds is 11. The molecular formula is C24H29BrF3N7O2. The average Bonchev–Trinajstić information content (AvgIpc) is 3.44.